The fourth-order valence-corrected chi connectivity index (χ4v) is 2.34. The zero-order valence-corrected chi connectivity index (χ0v) is 9.63. The number of benzene rings is 1. The fourth-order valence-electron chi connectivity index (χ4n) is 2.34. The van der Waals surface area contributed by atoms with E-state index in [0.717, 1.165) is 6.42 Å². The Balaban J connectivity index is 2.10. The molecule has 88 valence electrons. The van der Waals surface area contributed by atoms with E-state index >= 15 is 0 Å². The van der Waals surface area contributed by atoms with Crippen molar-refractivity contribution in [3.8, 4) is 0 Å². The molecular formula is C13H17F2N. The van der Waals surface area contributed by atoms with E-state index < -0.39 is 11.6 Å². The summed E-state index contributed by atoms with van der Waals surface area (Å²) in [5.41, 5.74) is 6.35. The van der Waals surface area contributed by atoms with Crippen molar-refractivity contribution in [2.75, 3.05) is 0 Å². The van der Waals surface area contributed by atoms with Crippen molar-refractivity contribution >= 4 is 0 Å². The Labute approximate surface area is 94.7 Å². The lowest BCUT2D eigenvalue weighted by Crippen LogP contribution is -2.28. The number of halogens is 2. The number of hydrogen-bond donors (Lipinski definition) is 1. The third-order valence-electron chi connectivity index (χ3n) is 3.61. The zero-order valence-electron chi connectivity index (χ0n) is 9.63. The number of hydrogen-bond acceptors (Lipinski definition) is 1. The minimum Gasteiger partial charge on any atom is -0.327 e. The summed E-state index contributed by atoms with van der Waals surface area (Å²) in [4.78, 5) is 0. The molecule has 1 aliphatic carbocycles. The Morgan fingerprint density at radius 3 is 2.31 bits per heavy atom. The quantitative estimate of drug-likeness (QED) is 0.841. The van der Waals surface area contributed by atoms with E-state index in [2.05, 4.69) is 13.8 Å². The first-order valence-electron chi connectivity index (χ1n) is 5.60. The molecule has 16 heavy (non-hydrogen) atoms. The Kier molecular flexibility index (Phi) is 2.74. The van der Waals surface area contributed by atoms with Gasteiger partial charge in [-0.3, -0.25) is 0 Å². The Morgan fingerprint density at radius 2 is 1.88 bits per heavy atom. The Bertz CT molecular complexity index is 381. The van der Waals surface area contributed by atoms with E-state index in [1.54, 1.807) is 0 Å². The van der Waals surface area contributed by atoms with Gasteiger partial charge in [0.1, 0.15) is 11.6 Å². The molecule has 1 aromatic rings. The molecule has 0 amide bonds. The van der Waals surface area contributed by atoms with Gasteiger partial charge < -0.3 is 5.73 Å². The highest BCUT2D eigenvalue weighted by Crippen LogP contribution is 2.53. The van der Waals surface area contributed by atoms with Crippen LogP contribution in [0.5, 0.6) is 0 Å². The first-order valence-corrected chi connectivity index (χ1v) is 5.60. The van der Waals surface area contributed by atoms with Crippen LogP contribution < -0.4 is 5.73 Å². The van der Waals surface area contributed by atoms with Gasteiger partial charge >= 0.3 is 0 Å². The van der Waals surface area contributed by atoms with Crippen LogP contribution in [-0.4, -0.2) is 6.04 Å². The molecule has 2 atom stereocenters. The molecule has 2 unspecified atom stereocenters. The van der Waals surface area contributed by atoms with Crippen LogP contribution >= 0.6 is 0 Å². The molecule has 1 aromatic carbocycles. The van der Waals surface area contributed by atoms with Crippen LogP contribution in [0.3, 0.4) is 0 Å². The average Bonchev–Trinajstić information content (AvgIpc) is 2.82. The molecule has 0 radical (unpaired) electrons. The van der Waals surface area contributed by atoms with Crippen LogP contribution in [0.4, 0.5) is 8.78 Å². The minimum atomic E-state index is -0.492. The summed E-state index contributed by atoms with van der Waals surface area (Å²) in [5, 5.41) is 0. The highest BCUT2D eigenvalue weighted by molar-refractivity contribution is 5.21. The normalized spacial score (nSPS) is 24.2. The van der Waals surface area contributed by atoms with E-state index in [0.29, 0.717) is 5.92 Å². The van der Waals surface area contributed by atoms with Crippen LogP contribution in [0.2, 0.25) is 0 Å². The lowest BCUT2D eigenvalue weighted by atomic mass is 9.97. The molecule has 0 heterocycles. The van der Waals surface area contributed by atoms with Gasteiger partial charge in [-0.25, -0.2) is 8.78 Å². The summed E-state index contributed by atoms with van der Waals surface area (Å²) in [6.45, 7) is 4.27. The molecule has 1 fully saturated rings. The maximum atomic E-state index is 13.4. The van der Waals surface area contributed by atoms with Crippen molar-refractivity contribution in [2.24, 2.45) is 17.1 Å². The minimum absolute atomic E-state index is 0.123. The predicted octanol–water partition coefficient (Wildman–Crippen LogP) is 2.88. The van der Waals surface area contributed by atoms with Gasteiger partial charge in [-0.1, -0.05) is 19.9 Å². The van der Waals surface area contributed by atoms with E-state index in [1.807, 2.05) is 0 Å². The molecule has 0 bridgehead atoms. The van der Waals surface area contributed by atoms with Gasteiger partial charge in [0.2, 0.25) is 0 Å². The molecule has 1 nitrogen and oxygen atoms in total. The first kappa shape index (κ1) is 11.5. The van der Waals surface area contributed by atoms with Gasteiger partial charge in [0.25, 0.3) is 0 Å². The van der Waals surface area contributed by atoms with E-state index in [1.165, 1.54) is 18.2 Å². The third-order valence-corrected chi connectivity index (χ3v) is 3.61. The molecule has 2 N–H and O–H groups in total. The molecule has 3 heteroatoms. The smallest absolute Gasteiger partial charge is 0.129 e. The second-order valence-electron chi connectivity index (χ2n) is 5.37. The molecule has 2 rings (SSSR count). The van der Waals surface area contributed by atoms with E-state index in [-0.39, 0.29) is 23.4 Å². The maximum absolute atomic E-state index is 13.4. The third kappa shape index (κ3) is 2.09. The van der Waals surface area contributed by atoms with Crippen molar-refractivity contribution in [1.82, 2.24) is 0 Å². The standard InChI is InChI=1S/C13H17F2N/c1-13(2)7-9(13)12(16)6-8-10(14)4-3-5-11(8)15/h3-5,9,12H,6-7,16H2,1-2H3. The molecule has 1 aliphatic rings. The Hall–Kier alpha value is -0.960. The lowest BCUT2D eigenvalue weighted by molar-refractivity contribution is 0.458. The molecule has 0 aliphatic heterocycles. The molecule has 0 saturated heterocycles. The van der Waals surface area contributed by atoms with Gasteiger partial charge in [0.05, 0.1) is 0 Å². The summed E-state index contributed by atoms with van der Waals surface area (Å²) in [7, 11) is 0. The highest BCUT2D eigenvalue weighted by atomic mass is 19.1. The molecule has 1 saturated carbocycles. The maximum Gasteiger partial charge on any atom is 0.129 e. The van der Waals surface area contributed by atoms with Gasteiger partial charge in [-0.15, -0.1) is 0 Å². The van der Waals surface area contributed by atoms with Crippen molar-refractivity contribution < 1.29 is 8.78 Å². The van der Waals surface area contributed by atoms with Crippen LogP contribution in [-0.2, 0) is 6.42 Å². The summed E-state index contributed by atoms with van der Waals surface area (Å²) in [6, 6.07) is 3.79. The molecular weight excluding hydrogens is 208 g/mol. The van der Waals surface area contributed by atoms with E-state index in [4.69, 9.17) is 5.73 Å². The topological polar surface area (TPSA) is 26.0 Å². The SMILES string of the molecule is CC1(C)CC1C(N)Cc1c(F)cccc1F. The highest BCUT2D eigenvalue weighted by Gasteiger charge is 2.48. The van der Waals surface area contributed by atoms with Crippen LogP contribution in [0.1, 0.15) is 25.8 Å². The van der Waals surface area contributed by atoms with Gasteiger partial charge in [-0.2, -0.15) is 0 Å². The van der Waals surface area contributed by atoms with Gasteiger partial charge in [-0.05, 0) is 36.3 Å². The number of rotatable bonds is 3. The molecule has 0 aromatic heterocycles. The summed E-state index contributed by atoms with van der Waals surface area (Å²) in [5.74, 6) is -0.602. The summed E-state index contributed by atoms with van der Waals surface area (Å²) < 4.78 is 26.8. The second kappa shape index (κ2) is 3.81. The van der Waals surface area contributed by atoms with Crippen molar-refractivity contribution in [2.45, 2.75) is 32.7 Å². The fraction of sp³-hybridized carbons (Fsp3) is 0.538. The molecule has 0 spiro atoms. The van der Waals surface area contributed by atoms with Crippen LogP contribution in [0.15, 0.2) is 18.2 Å². The predicted molar refractivity (Wildman–Crippen MR) is 59.9 cm³/mol. The van der Waals surface area contributed by atoms with Gasteiger partial charge in [0, 0.05) is 11.6 Å². The average molecular weight is 225 g/mol. The van der Waals surface area contributed by atoms with Crippen molar-refractivity contribution in [1.29, 1.82) is 0 Å². The zero-order chi connectivity index (χ0) is 11.9. The summed E-state index contributed by atoms with van der Waals surface area (Å²) in [6.07, 6.45) is 1.33. The second-order valence-corrected chi connectivity index (χ2v) is 5.37. The summed E-state index contributed by atoms with van der Waals surface area (Å²) >= 11 is 0. The van der Waals surface area contributed by atoms with Crippen LogP contribution in [0, 0.1) is 23.0 Å². The van der Waals surface area contributed by atoms with E-state index in [9.17, 15) is 8.78 Å². The van der Waals surface area contributed by atoms with Gasteiger partial charge in [0.15, 0.2) is 0 Å². The first-order chi connectivity index (χ1) is 7.42. The van der Waals surface area contributed by atoms with Crippen LogP contribution in [0.25, 0.3) is 0 Å². The van der Waals surface area contributed by atoms with Crippen molar-refractivity contribution in [3.63, 3.8) is 0 Å². The monoisotopic (exact) mass is 225 g/mol. The number of nitrogens with two attached hydrogens (primary N) is 1. The lowest BCUT2D eigenvalue weighted by Gasteiger charge is -2.14. The Morgan fingerprint density at radius 1 is 1.38 bits per heavy atom. The largest absolute Gasteiger partial charge is 0.327 e. The van der Waals surface area contributed by atoms with Crippen molar-refractivity contribution in [3.05, 3.63) is 35.4 Å².